The number of unbranched alkanes of at least 4 members (excludes halogenated alkanes) is 3. The van der Waals surface area contributed by atoms with Crippen LogP contribution in [0.2, 0.25) is 0 Å². The SMILES string of the molecule is C=C(CO)C(=O)OCC(CCCCc1ccc(/C=C/C2CCC(CCCCC)CC2)cc1)COC(O)C(=C)CO. The molecule has 1 aromatic carbocycles. The monoisotopic (exact) mass is 556 g/mol. The van der Waals surface area contributed by atoms with E-state index in [0.717, 1.165) is 31.6 Å². The van der Waals surface area contributed by atoms with Crippen LogP contribution in [0, 0.1) is 17.8 Å². The molecule has 0 bridgehead atoms. The van der Waals surface area contributed by atoms with Gasteiger partial charge in [-0.25, -0.2) is 4.79 Å². The molecular weight excluding hydrogens is 504 g/mol. The molecule has 2 unspecified atom stereocenters. The van der Waals surface area contributed by atoms with Crippen molar-refractivity contribution in [2.24, 2.45) is 17.8 Å². The molecule has 1 saturated carbocycles. The molecule has 0 amide bonds. The molecule has 0 aliphatic heterocycles. The molecule has 3 N–H and O–H groups in total. The minimum absolute atomic E-state index is 0.00293. The number of hydrogen-bond acceptors (Lipinski definition) is 6. The van der Waals surface area contributed by atoms with Crippen LogP contribution in [0.5, 0.6) is 0 Å². The molecule has 0 aromatic heterocycles. The lowest BCUT2D eigenvalue weighted by Gasteiger charge is -2.26. The summed E-state index contributed by atoms with van der Waals surface area (Å²) in [7, 11) is 0. The molecule has 0 radical (unpaired) electrons. The van der Waals surface area contributed by atoms with Crippen LogP contribution in [0.1, 0.15) is 88.7 Å². The fourth-order valence-electron chi connectivity index (χ4n) is 5.16. The summed E-state index contributed by atoms with van der Waals surface area (Å²) in [6.45, 7) is 8.76. The molecule has 1 fully saturated rings. The van der Waals surface area contributed by atoms with Crippen LogP contribution in [-0.2, 0) is 20.7 Å². The number of rotatable bonds is 20. The van der Waals surface area contributed by atoms with Crippen molar-refractivity contribution in [3.8, 4) is 0 Å². The van der Waals surface area contributed by atoms with Crippen LogP contribution in [0.15, 0.2) is 54.6 Å². The van der Waals surface area contributed by atoms with Crippen LogP contribution in [0.3, 0.4) is 0 Å². The lowest BCUT2D eigenvalue weighted by molar-refractivity contribution is -0.143. The predicted molar refractivity (Wildman–Crippen MR) is 161 cm³/mol. The third-order valence-corrected chi connectivity index (χ3v) is 7.95. The quantitative estimate of drug-likeness (QED) is 0.0566. The Morgan fingerprint density at radius 3 is 2.38 bits per heavy atom. The summed E-state index contributed by atoms with van der Waals surface area (Å²) in [4.78, 5) is 11.9. The van der Waals surface area contributed by atoms with Crippen LogP contribution in [-0.4, -0.2) is 54.0 Å². The van der Waals surface area contributed by atoms with Gasteiger partial charge in [0.2, 0.25) is 0 Å². The van der Waals surface area contributed by atoms with E-state index < -0.39 is 18.9 Å². The van der Waals surface area contributed by atoms with Gasteiger partial charge in [0.05, 0.1) is 32.0 Å². The largest absolute Gasteiger partial charge is 0.462 e. The summed E-state index contributed by atoms with van der Waals surface area (Å²) in [5, 5.41) is 28.1. The summed E-state index contributed by atoms with van der Waals surface area (Å²) in [6, 6.07) is 8.79. The normalized spacial score (nSPS) is 18.9. The van der Waals surface area contributed by atoms with Gasteiger partial charge in [0.1, 0.15) is 0 Å². The first kappa shape index (κ1) is 34.0. The maximum absolute atomic E-state index is 11.9. The minimum atomic E-state index is -1.27. The van der Waals surface area contributed by atoms with Gasteiger partial charge in [0.15, 0.2) is 6.29 Å². The first-order valence-corrected chi connectivity index (χ1v) is 15.2. The third kappa shape index (κ3) is 13.4. The maximum Gasteiger partial charge on any atom is 0.335 e. The number of aliphatic hydroxyl groups is 3. The van der Waals surface area contributed by atoms with Gasteiger partial charge >= 0.3 is 5.97 Å². The fourth-order valence-corrected chi connectivity index (χ4v) is 5.16. The first-order valence-electron chi connectivity index (χ1n) is 15.2. The van der Waals surface area contributed by atoms with E-state index in [4.69, 9.17) is 19.7 Å². The molecule has 2 rings (SSSR count). The van der Waals surface area contributed by atoms with Crippen molar-refractivity contribution in [3.05, 3.63) is 65.8 Å². The van der Waals surface area contributed by atoms with Crippen LogP contribution in [0.4, 0.5) is 0 Å². The highest BCUT2D eigenvalue weighted by Crippen LogP contribution is 2.33. The molecule has 0 saturated heterocycles. The highest BCUT2D eigenvalue weighted by Gasteiger charge is 2.19. The molecule has 6 nitrogen and oxygen atoms in total. The predicted octanol–water partition coefficient (Wildman–Crippen LogP) is 6.39. The Labute approximate surface area is 241 Å². The molecule has 6 heteroatoms. The van der Waals surface area contributed by atoms with Crippen molar-refractivity contribution in [1.29, 1.82) is 0 Å². The molecule has 224 valence electrons. The van der Waals surface area contributed by atoms with Gasteiger partial charge in [-0.1, -0.05) is 88.6 Å². The number of hydrogen-bond donors (Lipinski definition) is 3. The summed E-state index contributed by atoms with van der Waals surface area (Å²) in [5.74, 6) is 0.868. The number of aryl methyl sites for hydroxylation is 1. The summed E-state index contributed by atoms with van der Waals surface area (Å²) in [6.07, 6.45) is 17.9. The Morgan fingerprint density at radius 2 is 1.73 bits per heavy atom. The van der Waals surface area contributed by atoms with Gasteiger partial charge in [-0.2, -0.15) is 0 Å². The van der Waals surface area contributed by atoms with Gasteiger partial charge < -0.3 is 24.8 Å². The smallest absolute Gasteiger partial charge is 0.335 e. The molecule has 1 aliphatic carbocycles. The average molecular weight is 557 g/mol. The molecule has 40 heavy (non-hydrogen) atoms. The zero-order chi connectivity index (χ0) is 29.2. The molecule has 2 atom stereocenters. The van der Waals surface area contributed by atoms with E-state index in [-0.39, 0.29) is 36.9 Å². The fraction of sp³-hybridized carbons (Fsp3) is 0.618. The lowest BCUT2D eigenvalue weighted by atomic mass is 9.79. The number of benzene rings is 1. The Bertz CT molecular complexity index is 898. The number of carbonyl (C=O) groups excluding carboxylic acids is 1. The second kappa shape index (κ2) is 19.8. The van der Waals surface area contributed by atoms with Gasteiger partial charge in [-0.15, -0.1) is 0 Å². The van der Waals surface area contributed by atoms with Crippen LogP contribution in [0.25, 0.3) is 6.08 Å². The summed E-state index contributed by atoms with van der Waals surface area (Å²) in [5.41, 5.74) is 2.71. The summed E-state index contributed by atoms with van der Waals surface area (Å²) < 4.78 is 10.7. The first-order chi connectivity index (χ1) is 19.4. The second-order valence-electron chi connectivity index (χ2n) is 11.4. The number of aliphatic hydroxyl groups excluding tert-OH is 3. The zero-order valence-electron chi connectivity index (χ0n) is 24.6. The van der Waals surface area contributed by atoms with E-state index in [0.29, 0.717) is 5.92 Å². The van der Waals surface area contributed by atoms with Crippen molar-refractivity contribution in [2.75, 3.05) is 26.4 Å². The maximum atomic E-state index is 11.9. The Kier molecular flexibility index (Phi) is 16.8. The van der Waals surface area contributed by atoms with E-state index >= 15 is 0 Å². The summed E-state index contributed by atoms with van der Waals surface area (Å²) >= 11 is 0. The van der Waals surface area contributed by atoms with E-state index in [1.54, 1.807) is 0 Å². The Balaban J connectivity index is 1.74. The third-order valence-electron chi connectivity index (χ3n) is 7.95. The highest BCUT2D eigenvalue weighted by molar-refractivity contribution is 5.87. The topological polar surface area (TPSA) is 96.2 Å². The van der Waals surface area contributed by atoms with E-state index in [1.807, 2.05) is 0 Å². The van der Waals surface area contributed by atoms with Crippen molar-refractivity contribution in [1.82, 2.24) is 0 Å². The van der Waals surface area contributed by atoms with Crippen molar-refractivity contribution in [3.63, 3.8) is 0 Å². The van der Waals surface area contributed by atoms with Gasteiger partial charge in [-0.05, 0) is 67.9 Å². The van der Waals surface area contributed by atoms with Gasteiger partial charge in [0, 0.05) is 11.5 Å². The minimum Gasteiger partial charge on any atom is -0.462 e. The van der Waals surface area contributed by atoms with Gasteiger partial charge in [-0.3, -0.25) is 0 Å². The zero-order valence-corrected chi connectivity index (χ0v) is 24.6. The number of carbonyl (C=O) groups is 1. The number of allylic oxidation sites excluding steroid dienone is 1. The van der Waals surface area contributed by atoms with Crippen molar-refractivity contribution < 1.29 is 29.6 Å². The van der Waals surface area contributed by atoms with E-state index in [9.17, 15) is 9.90 Å². The highest BCUT2D eigenvalue weighted by atomic mass is 16.6. The standard InChI is InChI=1S/C34H52O6/c1-4-5-6-9-28-12-16-30(17-13-28)20-21-31-18-14-29(15-19-31)10-7-8-11-32(24-39-33(37)26(2)22-35)25-40-34(38)27(3)23-36/h14-15,18-21,28,30,32-33,35-37H,2-13,16-17,22-25H2,1H3/b21-20+. The molecule has 0 spiro atoms. The Morgan fingerprint density at radius 1 is 1.00 bits per heavy atom. The van der Waals surface area contributed by atoms with E-state index in [1.165, 1.54) is 62.5 Å². The number of esters is 1. The van der Waals surface area contributed by atoms with Gasteiger partial charge in [0.25, 0.3) is 0 Å². The number of ether oxygens (including phenoxy) is 2. The van der Waals surface area contributed by atoms with Crippen LogP contribution < -0.4 is 0 Å². The van der Waals surface area contributed by atoms with Crippen molar-refractivity contribution >= 4 is 12.0 Å². The van der Waals surface area contributed by atoms with Crippen molar-refractivity contribution in [2.45, 2.75) is 90.3 Å². The van der Waals surface area contributed by atoms with E-state index in [2.05, 4.69) is 56.5 Å². The molecule has 0 heterocycles. The molecule has 1 aromatic rings. The lowest BCUT2D eigenvalue weighted by Crippen LogP contribution is -2.25. The molecular formula is C34H52O6. The average Bonchev–Trinajstić information content (AvgIpc) is 2.99. The Hall–Kier alpha value is -2.25. The molecule has 1 aliphatic rings. The second-order valence-corrected chi connectivity index (χ2v) is 11.4. The van der Waals surface area contributed by atoms with Crippen LogP contribution >= 0.6 is 0 Å².